The summed E-state index contributed by atoms with van der Waals surface area (Å²) < 4.78 is 5.73. The van der Waals surface area contributed by atoms with E-state index in [9.17, 15) is 9.59 Å². The highest BCUT2D eigenvalue weighted by Crippen LogP contribution is 2.18. The van der Waals surface area contributed by atoms with Crippen LogP contribution in [0.15, 0.2) is 23.3 Å². The molecule has 4 nitrogen and oxygen atoms in total. The Balaban J connectivity index is 2.50. The second-order valence-electron chi connectivity index (χ2n) is 6.75. The zero-order valence-corrected chi connectivity index (χ0v) is 15.7. The summed E-state index contributed by atoms with van der Waals surface area (Å²) in [5, 5.41) is 2.82. The van der Waals surface area contributed by atoms with Gasteiger partial charge in [0.15, 0.2) is 12.0 Å². The molecular weight excluding hydrogens is 302 g/mol. The Kier molecular flexibility index (Phi) is 9.62. The number of hydrogen-bond acceptors (Lipinski definition) is 3. The van der Waals surface area contributed by atoms with Crippen LogP contribution >= 0.6 is 0 Å². The van der Waals surface area contributed by atoms with Crippen molar-refractivity contribution in [2.75, 3.05) is 0 Å². The second kappa shape index (κ2) is 11.2. The molecule has 0 radical (unpaired) electrons. The smallest absolute Gasteiger partial charge is 0.251 e. The van der Waals surface area contributed by atoms with Gasteiger partial charge in [-0.3, -0.25) is 9.59 Å². The molecule has 2 atom stereocenters. The highest BCUT2D eigenvalue weighted by atomic mass is 16.5. The standard InChI is InChI=1S/C20H33NO3/c1-5-7-9-10-11-15(3)13-17(22)14-16(4)20-21-19(23)18(24-20)12-8-6-2/h13-14,18,20H,5-12H2,1-4H3,(H,21,23)/b15-13+,16-14+. The number of hydrogen-bond donors (Lipinski definition) is 1. The predicted molar refractivity (Wildman–Crippen MR) is 97.6 cm³/mol. The van der Waals surface area contributed by atoms with Crippen molar-refractivity contribution in [3.05, 3.63) is 23.3 Å². The molecule has 4 heteroatoms. The Hall–Kier alpha value is -1.42. The molecule has 1 aliphatic rings. The van der Waals surface area contributed by atoms with Gasteiger partial charge in [-0.05, 0) is 50.8 Å². The molecule has 2 unspecified atom stereocenters. The Bertz CT molecular complexity index is 479. The van der Waals surface area contributed by atoms with E-state index >= 15 is 0 Å². The monoisotopic (exact) mass is 335 g/mol. The molecule has 0 bridgehead atoms. The number of rotatable bonds is 11. The lowest BCUT2D eigenvalue weighted by Gasteiger charge is -2.11. The Morgan fingerprint density at radius 3 is 2.46 bits per heavy atom. The van der Waals surface area contributed by atoms with Gasteiger partial charge in [0.05, 0.1) is 0 Å². The Morgan fingerprint density at radius 2 is 1.79 bits per heavy atom. The molecule has 1 aliphatic heterocycles. The predicted octanol–water partition coefficient (Wildman–Crippen LogP) is 4.45. The first-order valence-corrected chi connectivity index (χ1v) is 9.33. The first kappa shape index (κ1) is 20.6. The van der Waals surface area contributed by atoms with Crippen molar-refractivity contribution in [2.24, 2.45) is 0 Å². The van der Waals surface area contributed by atoms with Crippen LogP contribution in [-0.2, 0) is 14.3 Å². The molecular formula is C20H33NO3. The molecule has 0 aromatic heterocycles. The van der Waals surface area contributed by atoms with E-state index in [-0.39, 0.29) is 17.8 Å². The minimum absolute atomic E-state index is 0.0321. The fourth-order valence-corrected chi connectivity index (χ4v) is 2.78. The highest BCUT2D eigenvalue weighted by molar-refractivity contribution is 6.00. The van der Waals surface area contributed by atoms with E-state index in [1.54, 1.807) is 12.2 Å². The number of amides is 1. The fourth-order valence-electron chi connectivity index (χ4n) is 2.78. The number of allylic oxidation sites excluding steroid dienone is 3. The summed E-state index contributed by atoms with van der Waals surface area (Å²) in [7, 11) is 0. The van der Waals surface area contributed by atoms with E-state index < -0.39 is 6.23 Å². The first-order chi connectivity index (χ1) is 11.5. The maximum Gasteiger partial charge on any atom is 0.251 e. The van der Waals surface area contributed by atoms with Gasteiger partial charge < -0.3 is 10.1 Å². The topological polar surface area (TPSA) is 55.4 Å². The summed E-state index contributed by atoms with van der Waals surface area (Å²) in [5.41, 5.74) is 1.86. The number of nitrogens with one attached hydrogen (secondary N) is 1. The SMILES string of the molecule is CCCCCC/C(C)=C/C(=O)/C=C(\C)C1NC(=O)C(CCCC)O1. The zero-order valence-electron chi connectivity index (χ0n) is 15.7. The minimum Gasteiger partial charge on any atom is -0.341 e. The van der Waals surface area contributed by atoms with Gasteiger partial charge in [0.25, 0.3) is 5.91 Å². The van der Waals surface area contributed by atoms with Crippen LogP contribution < -0.4 is 5.32 Å². The van der Waals surface area contributed by atoms with Crippen molar-refractivity contribution in [2.45, 2.75) is 91.4 Å². The van der Waals surface area contributed by atoms with E-state index in [4.69, 9.17) is 4.74 Å². The van der Waals surface area contributed by atoms with Crippen LogP contribution in [0, 0.1) is 0 Å². The van der Waals surface area contributed by atoms with E-state index in [0.717, 1.165) is 43.3 Å². The van der Waals surface area contributed by atoms with Gasteiger partial charge in [-0.25, -0.2) is 0 Å². The summed E-state index contributed by atoms with van der Waals surface area (Å²) in [5.74, 6) is -0.105. The van der Waals surface area contributed by atoms with Gasteiger partial charge in [-0.2, -0.15) is 0 Å². The third kappa shape index (κ3) is 7.43. The van der Waals surface area contributed by atoms with E-state index in [1.807, 2.05) is 13.8 Å². The number of carbonyl (C=O) groups is 2. The molecule has 0 aromatic rings. The largest absolute Gasteiger partial charge is 0.341 e. The van der Waals surface area contributed by atoms with E-state index in [2.05, 4.69) is 19.2 Å². The van der Waals surface area contributed by atoms with Crippen LogP contribution in [0.5, 0.6) is 0 Å². The Labute approximate surface area is 146 Å². The van der Waals surface area contributed by atoms with Crippen molar-refractivity contribution in [1.29, 1.82) is 0 Å². The van der Waals surface area contributed by atoms with Crippen LogP contribution in [0.2, 0.25) is 0 Å². The molecule has 1 N–H and O–H groups in total. The van der Waals surface area contributed by atoms with Gasteiger partial charge in [0.2, 0.25) is 0 Å². The van der Waals surface area contributed by atoms with Gasteiger partial charge in [0.1, 0.15) is 6.10 Å². The van der Waals surface area contributed by atoms with Gasteiger partial charge >= 0.3 is 0 Å². The van der Waals surface area contributed by atoms with Crippen LogP contribution in [0.4, 0.5) is 0 Å². The first-order valence-electron chi connectivity index (χ1n) is 9.33. The van der Waals surface area contributed by atoms with Crippen LogP contribution in [0.3, 0.4) is 0 Å². The van der Waals surface area contributed by atoms with E-state index in [1.165, 1.54) is 19.3 Å². The van der Waals surface area contributed by atoms with Crippen LogP contribution in [-0.4, -0.2) is 24.0 Å². The highest BCUT2D eigenvalue weighted by Gasteiger charge is 2.32. The maximum atomic E-state index is 12.1. The summed E-state index contributed by atoms with van der Waals surface area (Å²) in [4.78, 5) is 24.0. The molecule has 136 valence electrons. The van der Waals surface area contributed by atoms with Crippen molar-refractivity contribution in [3.63, 3.8) is 0 Å². The van der Waals surface area contributed by atoms with Crippen molar-refractivity contribution < 1.29 is 14.3 Å². The second-order valence-corrected chi connectivity index (χ2v) is 6.75. The summed E-state index contributed by atoms with van der Waals surface area (Å²) in [6.45, 7) is 8.11. The minimum atomic E-state index is -0.471. The number of unbranched alkanes of at least 4 members (excludes halogenated alkanes) is 4. The molecule has 1 rings (SSSR count). The van der Waals surface area contributed by atoms with Gasteiger partial charge in [-0.1, -0.05) is 51.5 Å². The lowest BCUT2D eigenvalue weighted by molar-refractivity contribution is -0.123. The number of carbonyl (C=O) groups excluding carboxylic acids is 2. The van der Waals surface area contributed by atoms with Crippen molar-refractivity contribution in [1.82, 2.24) is 5.32 Å². The maximum absolute atomic E-state index is 12.1. The van der Waals surface area contributed by atoms with Crippen molar-refractivity contribution in [3.8, 4) is 0 Å². The van der Waals surface area contributed by atoms with Crippen LogP contribution in [0.1, 0.15) is 79.1 Å². The molecule has 0 spiro atoms. The number of ether oxygens (including phenoxy) is 1. The number of ketones is 1. The third-order valence-corrected chi connectivity index (χ3v) is 4.28. The average molecular weight is 335 g/mol. The lowest BCUT2D eigenvalue weighted by Crippen LogP contribution is -2.28. The summed E-state index contributed by atoms with van der Waals surface area (Å²) >= 11 is 0. The molecule has 24 heavy (non-hydrogen) atoms. The van der Waals surface area contributed by atoms with Crippen LogP contribution in [0.25, 0.3) is 0 Å². The molecule has 0 aliphatic carbocycles. The van der Waals surface area contributed by atoms with Crippen molar-refractivity contribution >= 4 is 11.7 Å². The molecule has 0 saturated carbocycles. The molecule has 1 amide bonds. The normalized spacial score (nSPS) is 21.9. The average Bonchev–Trinajstić information content (AvgIpc) is 2.90. The third-order valence-electron chi connectivity index (χ3n) is 4.28. The van der Waals surface area contributed by atoms with E-state index in [0.29, 0.717) is 0 Å². The fraction of sp³-hybridized carbons (Fsp3) is 0.700. The molecule has 0 aromatic carbocycles. The van der Waals surface area contributed by atoms with Gasteiger partial charge in [0, 0.05) is 0 Å². The quantitative estimate of drug-likeness (QED) is 0.448. The molecule has 1 fully saturated rings. The lowest BCUT2D eigenvalue weighted by atomic mass is 10.1. The summed E-state index contributed by atoms with van der Waals surface area (Å²) in [6.07, 6.45) is 10.9. The summed E-state index contributed by atoms with van der Waals surface area (Å²) in [6, 6.07) is 0. The molecule has 1 heterocycles. The zero-order chi connectivity index (χ0) is 17.9. The van der Waals surface area contributed by atoms with Gasteiger partial charge in [-0.15, -0.1) is 0 Å². The Morgan fingerprint density at radius 1 is 1.08 bits per heavy atom. The molecule has 1 saturated heterocycles.